The number of carbonyl (C=O) groups is 1. The van der Waals surface area contributed by atoms with Gasteiger partial charge in [-0.1, -0.05) is 11.8 Å². The third-order valence-corrected chi connectivity index (χ3v) is 6.99. The van der Waals surface area contributed by atoms with E-state index in [1.807, 2.05) is 19.9 Å². The first-order chi connectivity index (χ1) is 11.1. The van der Waals surface area contributed by atoms with Gasteiger partial charge in [0.15, 0.2) is 9.84 Å². The monoisotopic (exact) mass is 367 g/mol. The van der Waals surface area contributed by atoms with Crippen LogP contribution in [-0.2, 0) is 14.6 Å². The largest absolute Gasteiger partial charge is 0.341 e. The SMILES string of the molecule is Cc1cc(C)c(C#N)c(S[C@H](C)C(=O)N(C)[C@H]2CCS(=O)(=O)C2)n1. The number of hydrogen-bond acceptors (Lipinski definition) is 6. The molecule has 24 heavy (non-hydrogen) atoms. The third kappa shape index (κ3) is 4.08. The van der Waals surface area contributed by atoms with Crippen molar-refractivity contribution in [2.24, 2.45) is 0 Å². The van der Waals surface area contributed by atoms with E-state index in [1.165, 1.54) is 16.7 Å². The molecule has 0 saturated carbocycles. The van der Waals surface area contributed by atoms with Gasteiger partial charge in [-0.25, -0.2) is 13.4 Å². The van der Waals surface area contributed by atoms with Crippen molar-refractivity contribution in [1.29, 1.82) is 5.26 Å². The zero-order valence-corrected chi connectivity index (χ0v) is 15.9. The molecule has 0 spiro atoms. The molecule has 0 N–H and O–H groups in total. The van der Waals surface area contributed by atoms with Crippen LogP contribution in [0.5, 0.6) is 0 Å². The maximum Gasteiger partial charge on any atom is 0.235 e. The molecular formula is C16H21N3O3S2. The van der Waals surface area contributed by atoms with Crippen molar-refractivity contribution in [3.8, 4) is 6.07 Å². The Labute approximate surface area is 147 Å². The Bertz CT molecular complexity index is 800. The Morgan fingerprint density at radius 2 is 2.17 bits per heavy atom. The molecule has 6 nitrogen and oxygen atoms in total. The highest BCUT2D eigenvalue weighted by atomic mass is 32.2. The van der Waals surface area contributed by atoms with Crippen molar-refractivity contribution in [2.75, 3.05) is 18.6 Å². The first-order valence-electron chi connectivity index (χ1n) is 7.66. The average molecular weight is 367 g/mol. The number of pyridine rings is 1. The summed E-state index contributed by atoms with van der Waals surface area (Å²) in [4.78, 5) is 18.5. The Morgan fingerprint density at radius 1 is 1.50 bits per heavy atom. The molecule has 0 unspecified atom stereocenters. The topological polar surface area (TPSA) is 91.1 Å². The molecule has 1 aromatic rings. The Kier molecular flexibility index (Phi) is 5.56. The average Bonchev–Trinajstić information content (AvgIpc) is 2.85. The standard InChI is InChI=1S/C16H21N3O3S2/c1-10-7-11(2)18-15(14(10)8-17)23-12(3)16(20)19(4)13-5-6-24(21,22)9-13/h7,12-13H,5-6,9H2,1-4H3/t12-,13+/m1/s1. The molecule has 0 radical (unpaired) electrons. The highest BCUT2D eigenvalue weighted by Crippen LogP contribution is 2.29. The number of aromatic nitrogens is 1. The molecule has 0 bridgehead atoms. The molecule has 8 heteroatoms. The second-order valence-corrected chi connectivity index (χ2v) is 9.70. The molecule has 1 aliphatic heterocycles. The summed E-state index contributed by atoms with van der Waals surface area (Å²) in [5.41, 5.74) is 2.11. The van der Waals surface area contributed by atoms with E-state index in [2.05, 4.69) is 11.1 Å². The fraction of sp³-hybridized carbons (Fsp3) is 0.562. The van der Waals surface area contributed by atoms with Crippen LogP contribution in [0.1, 0.15) is 30.2 Å². The zero-order chi connectivity index (χ0) is 18.1. The Hall–Kier alpha value is -1.59. The van der Waals surface area contributed by atoms with Crippen molar-refractivity contribution in [3.63, 3.8) is 0 Å². The van der Waals surface area contributed by atoms with Crippen molar-refractivity contribution >= 4 is 27.5 Å². The van der Waals surface area contributed by atoms with Crippen LogP contribution in [0.4, 0.5) is 0 Å². The number of rotatable bonds is 4. The molecule has 1 saturated heterocycles. The maximum atomic E-state index is 12.6. The van der Waals surface area contributed by atoms with E-state index in [9.17, 15) is 18.5 Å². The summed E-state index contributed by atoms with van der Waals surface area (Å²) in [7, 11) is -1.39. The van der Waals surface area contributed by atoms with Crippen molar-refractivity contribution in [2.45, 2.75) is 43.5 Å². The van der Waals surface area contributed by atoms with Gasteiger partial charge in [0.1, 0.15) is 11.1 Å². The van der Waals surface area contributed by atoms with Gasteiger partial charge in [0.05, 0.1) is 22.3 Å². The molecule has 2 heterocycles. The van der Waals surface area contributed by atoms with Gasteiger partial charge in [-0.3, -0.25) is 4.79 Å². The van der Waals surface area contributed by atoms with Gasteiger partial charge in [0.25, 0.3) is 0 Å². The molecule has 0 aromatic carbocycles. The predicted octanol–water partition coefficient (Wildman–Crippen LogP) is 1.70. The molecule has 2 rings (SSSR count). The number of sulfone groups is 1. The summed E-state index contributed by atoms with van der Waals surface area (Å²) in [6.07, 6.45) is 0.479. The van der Waals surface area contributed by atoms with E-state index in [1.54, 1.807) is 14.0 Å². The van der Waals surface area contributed by atoms with Gasteiger partial charge in [-0.05, 0) is 38.8 Å². The number of nitrogens with zero attached hydrogens (tertiary/aromatic N) is 3. The van der Waals surface area contributed by atoms with E-state index in [0.717, 1.165) is 11.3 Å². The molecule has 130 valence electrons. The molecule has 2 atom stereocenters. The summed E-state index contributed by atoms with van der Waals surface area (Å²) in [5.74, 6) is 0.0123. The van der Waals surface area contributed by atoms with E-state index >= 15 is 0 Å². The molecule has 1 aliphatic rings. The highest BCUT2D eigenvalue weighted by Gasteiger charge is 2.34. The molecule has 1 amide bonds. The van der Waals surface area contributed by atoms with Crippen LogP contribution in [0, 0.1) is 25.2 Å². The van der Waals surface area contributed by atoms with Crippen LogP contribution in [0.3, 0.4) is 0 Å². The van der Waals surface area contributed by atoms with E-state index < -0.39 is 15.1 Å². The van der Waals surface area contributed by atoms with Gasteiger partial charge >= 0.3 is 0 Å². The van der Waals surface area contributed by atoms with Gasteiger partial charge in [-0.2, -0.15) is 5.26 Å². The number of hydrogen-bond donors (Lipinski definition) is 0. The predicted molar refractivity (Wildman–Crippen MR) is 93.6 cm³/mol. The highest BCUT2D eigenvalue weighted by molar-refractivity contribution is 8.00. The summed E-state index contributed by atoms with van der Waals surface area (Å²) < 4.78 is 23.2. The number of nitriles is 1. The third-order valence-electron chi connectivity index (χ3n) is 4.16. The van der Waals surface area contributed by atoms with Gasteiger partial charge in [0.2, 0.25) is 5.91 Å². The van der Waals surface area contributed by atoms with Gasteiger partial charge in [0, 0.05) is 18.8 Å². The van der Waals surface area contributed by atoms with Gasteiger partial charge < -0.3 is 4.90 Å². The Morgan fingerprint density at radius 3 is 2.71 bits per heavy atom. The van der Waals surface area contributed by atoms with Crippen molar-refractivity contribution in [1.82, 2.24) is 9.88 Å². The normalized spacial score (nSPS) is 20.4. The molecule has 0 aliphatic carbocycles. The minimum absolute atomic E-state index is 0.0257. The maximum absolute atomic E-state index is 12.6. The lowest BCUT2D eigenvalue weighted by Gasteiger charge is -2.26. The lowest BCUT2D eigenvalue weighted by atomic mass is 10.1. The summed E-state index contributed by atoms with van der Waals surface area (Å²) in [6.45, 7) is 5.45. The lowest BCUT2D eigenvalue weighted by molar-refractivity contribution is -0.130. The van der Waals surface area contributed by atoms with Crippen LogP contribution in [-0.4, -0.2) is 54.1 Å². The quantitative estimate of drug-likeness (QED) is 0.752. The van der Waals surface area contributed by atoms with Crippen LogP contribution >= 0.6 is 11.8 Å². The number of thioether (sulfide) groups is 1. The summed E-state index contributed by atoms with van der Waals surface area (Å²) >= 11 is 1.24. The van der Waals surface area contributed by atoms with Crippen LogP contribution in [0.25, 0.3) is 0 Å². The van der Waals surface area contributed by atoms with Crippen molar-refractivity contribution in [3.05, 3.63) is 22.9 Å². The molecular weight excluding hydrogens is 346 g/mol. The summed E-state index contributed by atoms with van der Waals surface area (Å²) in [5, 5.41) is 9.42. The first kappa shape index (κ1) is 18.7. The smallest absolute Gasteiger partial charge is 0.235 e. The number of aryl methyl sites for hydroxylation is 2. The summed E-state index contributed by atoms with van der Waals surface area (Å²) in [6, 6.07) is 3.71. The van der Waals surface area contributed by atoms with Crippen LogP contribution < -0.4 is 0 Å². The minimum Gasteiger partial charge on any atom is -0.341 e. The van der Waals surface area contributed by atoms with Crippen LogP contribution in [0.15, 0.2) is 11.1 Å². The fourth-order valence-electron chi connectivity index (χ4n) is 2.79. The van der Waals surface area contributed by atoms with E-state index in [0.29, 0.717) is 17.0 Å². The number of amides is 1. The van der Waals surface area contributed by atoms with E-state index in [-0.39, 0.29) is 23.5 Å². The molecule has 1 fully saturated rings. The zero-order valence-electron chi connectivity index (χ0n) is 14.2. The fourth-order valence-corrected chi connectivity index (χ4v) is 5.69. The Balaban J connectivity index is 2.14. The minimum atomic E-state index is -3.04. The number of carbonyl (C=O) groups excluding carboxylic acids is 1. The van der Waals surface area contributed by atoms with Crippen LogP contribution in [0.2, 0.25) is 0 Å². The van der Waals surface area contributed by atoms with E-state index in [4.69, 9.17) is 0 Å². The van der Waals surface area contributed by atoms with Gasteiger partial charge in [-0.15, -0.1) is 0 Å². The lowest BCUT2D eigenvalue weighted by Crippen LogP contribution is -2.41. The second-order valence-electron chi connectivity index (χ2n) is 6.14. The first-order valence-corrected chi connectivity index (χ1v) is 10.4. The second kappa shape index (κ2) is 7.11. The van der Waals surface area contributed by atoms with Crippen molar-refractivity contribution < 1.29 is 13.2 Å². The molecule has 1 aromatic heterocycles.